The first-order valence-corrected chi connectivity index (χ1v) is 8.23. The predicted octanol–water partition coefficient (Wildman–Crippen LogP) is 3.47. The molecule has 0 bridgehead atoms. The highest BCUT2D eigenvalue weighted by Gasteiger charge is 2.51. The van der Waals surface area contributed by atoms with Gasteiger partial charge in [0.25, 0.3) is 5.91 Å². The van der Waals surface area contributed by atoms with E-state index in [0.29, 0.717) is 5.56 Å². The van der Waals surface area contributed by atoms with Gasteiger partial charge in [-0.15, -0.1) is 11.3 Å². The number of aromatic nitrogens is 1. The summed E-state index contributed by atoms with van der Waals surface area (Å²) in [7, 11) is 0. The first-order chi connectivity index (χ1) is 11.2. The Bertz CT molecular complexity index is 764. The molecule has 0 radical (unpaired) electrons. The third-order valence-corrected chi connectivity index (χ3v) is 5.17. The molecule has 0 aliphatic carbocycles. The van der Waals surface area contributed by atoms with Gasteiger partial charge >= 0.3 is 6.18 Å². The molecule has 2 aromatic heterocycles. The summed E-state index contributed by atoms with van der Waals surface area (Å²) in [6, 6.07) is 1.12. The number of carbonyl (C=O) groups excluding carboxylic acids is 1. The molecule has 0 aromatic carbocycles. The molecule has 0 saturated heterocycles. The Morgan fingerprint density at radius 2 is 2.17 bits per heavy atom. The van der Waals surface area contributed by atoms with E-state index in [1.165, 1.54) is 11.3 Å². The van der Waals surface area contributed by atoms with E-state index in [1.54, 1.807) is 5.38 Å². The number of hydrogen-bond donors (Lipinski definition) is 2. The molecule has 0 atom stereocenters. The number of nitrogens with zero attached hydrogens (tertiary/aromatic N) is 1. The van der Waals surface area contributed by atoms with Crippen LogP contribution in [0.3, 0.4) is 0 Å². The van der Waals surface area contributed by atoms with E-state index in [9.17, 15) is 18.0 Å². The summed E-state index contributed by atoms with van der Waals surface area (Å²) < 4.78 is 43.9. The third-order valence-electron chi connectivity index (χ3n) is 4.14. The summed E-state index contributed by atoms with van der Waals surface area (Å²) in [6.45, 7) is 3.52. The lowest BCUT2D eigenvalue weighted by atomic mass is 9.89. The van der Waals surface area contributed by atoms with Crippen LogP contribution < -0.4 is 10.6 Å². The fraction of sp³-hybridized carbons (Fsp3) is 0.467. The molecule has 0 fully saturated rings. The number of alkyl halides is 3. The molecule has 5 nitrogen and oxygen atoms in total. The van der Waals surface area contributed by atoms with Crippen LogP contribution in [0.25, 0.3) is 0 Å². The van der Waals surface area contributed by atoms with E-state index in [-0.39, 0.29) is 17.5 Å². The molecule has 2 aromatic rings. The van der Waals surface area contributed by atoms with Crippen LogP contribution in [0.4, 0.5) is 19.0 Å². The molecule has 130 valence electrons. The van der Waals surface area contributed by atoms with E-state index in [4.69, 9.17) is 4.52 Å². The summed E-state index contributed by atoms with van der Waals surface area (Å²) >= 11 is 1.49. The molecule has 0 spiro atoms. The van der Waals surface area contributed by atoms with Crippen molar-refractivity contribution in [1.82, 2.24) is 10.5 Å². The highest BCUT2D eigenvalue weighted by atomic mass is 32.1. The van der Waals surface area contributed by atoms with Gasteiger partial charge in [-0.3, -0.25) is 4.79 Å². The molecule has 1 aliphatic rings. The summed E-state index contributed by atoms with van der Waals surface area (Å²) in [5, 5.41) is 11.0. The van der Waals surface area contributed by atoms with E-state index in [0.717, 1.165) is 49.9 Å². The van der Waals surface area contributed by atoms with E-state index in [2.05, 4.69) is 15.8 Å². The van der Waals surface area contributed by atoms with Crippen molar-refractivity contribution in [3.8, 4) is 0 Å². The molecule has 2 N–H and O–H groups in total. The number of fused-ring (bicyclic) bond motifs is 1. The molecule has 1 amide bonds. The number of thiophene rings is 1. The van der Waals surface area contributed by atoms with E-state index >= 15 is 0 Å². The van der Waals surface area contributed by atoms with Gasteiger partial charge in [-0.05, 0) is 32.4 Å². The van der Waals surface area contributed by atoms with Gasteiger partial charge in [-0.25, -0.2) is 0 Å². The fourth-order valence-electron chi connectivity index (χ4n) is 2.40. The summed E-state index contributed by atoms with van der Waals surface area (Å²) in [4.78, 5) is 13.5. The maximum Gasteiger partial charge on any atom is 0.401 e. The summed E-state index contributed by atoms with van der Waals surface area (Å²) in [5.41, 5.74) is -0.664. The Morgan fingerprint density at radius 3 is 2.88 bits per heavy atom. The van der Waals surface area contributed by atoms with Crippen LogP contribution in [0.2, 0.25) is 0 Å². The Morgan fingerprint density at radius 1 is 1.42 bits per heavy atom. The molecular formula is C15H16F3N3O2S. The van der Waals surface area contributed by atoms with Crippen molar-refractivity contribution in [3.05, 3.63) is 33.2 Å². The predicted molar refractivity (Wildman–Crippen MR) is 83.3 cm³/mol. The first kappa shape index (κ1) is 17.0. The monoisotopic (exact) mass is 359 g/mol. The number of rotatable bonds is 3. The van der Waals surface area contributed by atoms with Crippen LogP contribution >= 0.6 is 11.3 Å². The first-order valence-electron chi connectivity index (χ1n) is 7.35. The van der Waals surface area contributed by atoms with Gasteiger partial charge in [0.15, 0.2) is 11.6 Å². The van der Waals surface area contributed by atoms with Crippen molar-refractivity contribution >= 4 is 23.1 Å². The average molecular weight is 359 g/mol. The smallest absolute Gasteiger partial charge is 0.358 e. The lowest BCUT2D eigenvalue weighted by Gasteiger charge is -2.24. The fourth-order valence-corrected chi connectivity index (χ4v) is 3.45. The topological polar surface area (TPSA) is 67.2 Å². The number of halogens is 3. The van der Waals surface area contributed by atoms with Crippen LogP contribution in [0.15, 0.2) is 16.0 Å². The molecule has 1 aliphatic heterocycles. The maximum absolute atomic E-state index is 13.0. The van der Waals surface area contributed by atoms with Gasteiger partial charge < -0.3 is 15.2 Å². The SMILES string of the molecule is CC(C)(c1cc(NC(=O)c2csc3c2CCNC3)no1)C(F)(F)F. The second-order valence-electron chi connectivity index (χ2n) is 6.13. The Hall–Kier alpha value is -1.87. The minimum atomic E-state index is -4.48. The number of anilines is 1. The summed E-state index contributed by atoms with van der Waals surface area (Å²) in [5.74, 6) is -0.762. The Labute approximate surface area is 140 Å². The highest BCUT2D eigenvalue weighted by molar-refractivity contribution is 7.10. The maximum atomic E-state index is 13.0. The lowest BCUT2D eigenvalue weighted by Crippen LogP contribution is -2.35. The number of carbonyl (C=O) groups is 1. The largest absolute Gasteiger partial charge is 0.401 e. The number of hydrogen-bond acceptors (Lipinski definition) is 5. The molecule has 0 saturated carbocycles. The van der Waals surface area contributed by atoms with Gasteiger partial charge in [-0.2, -0.15) is 13.2 Å². The van der Waals surface area contributed by atoms with Gasteiger partial charge in [0.05, 0.1) is 5.56 Å². The second kappa shape index (κ2) is 5.89. The quantitative estimate of drug-likeness (QED) is 0.881. The third kappa shape index (κ3) is 2.93. The average Bonchev–Trinajstić information content (AvgIpc) is 3.12. The minimum absolute atomic E-state index is 0.0267. The van der Waals surface area contributed by atoms with Crippen molar-refractivity contribution < 1.29 is 22.5 Å². The van der Waals surface area contributed by atoms with Gasteiger partial charge in [-0.1, -0.05) is 5.16 Å². The van der Waals surface area contributed by atoms with Crippen LogP contribution in [-0.2, 0) is 18.4 Å². The molecule has 24 heavy (non-hydrogen) atoms. The highest BCUT2D eigenvalue weighted by Crippen LogP contribution is 2.41. The normalized spacial score (nSPS) is 15.2. The molecule has 0 unspecified atom stereocenters. The molecule has 3 heterocycles. The van der Waals surface area contributed by atoms with Gasteiger partial charge in [0, 0.05) is 22.9 Å². The zero-order chi connectivity index (χ0) is 17.5. The van der Waals surface area contributed by atoms with Gasteiger partial charge in [0.2, 0.25) is 0 Å². The molecule has 3 rings (SSSR count). The van der Waals surface area contributed by atoms with Crippen molar-refractivity contribution in [2.45, 2.75) is 38.4 Å². The second-order valence-corrected chi connectivity index (χ2v) is 7.10. The minimum Gasteiger partial charge on any atom is -0.358 e. The van der Waals surface area contributed by atoms with Crippen LogP contribution in [0.1, 0.15) is 40.4 Å². The number of amides is 1. The van der Waals surface area contributed by atoms with Crippen molar-refractivity contribution in [2.24, 2.45) is 0 Å². The standard InChI is InChI=1S/C15H16F3N3O2S/c1-14(2,15(16,17)18)11-5-12(21-23-11)20-13(22)9-7-24-10-6-19-4-3-8(9)10/h5,7,19H,3-4,6H2,1-2H3,(H,20,21,22). The zero-order valence-electron chi connectivity index (χ0n) is 13.1. The zero-order valence-corrected chi connectivity index (χ0v) is 13.9. The van der Waals surface area contributed by atoms with Crippen molar-refractivity contribution in [3.63, 3.8) is 0 Å². The number of nitrogens with one attached hydrogen (secondary N) is 2. The lowest BCUT2D eigenvalue weighted by molar-refractivity contribution is -0.185. The Kier molecular flexibility index (Phi) is 4.16. The van der Waals surface area contributed by atoms with Crippen LogP contribution in [0.5, 0.6) is 0 Å². The van der Waals surface area contributed by atoms with E-state index < -0.39 is 11.6 Å². The van der Waals surface area contributed by atoms with Gasteiger partial charge in [0.1, 0.15) is 5.41 Å². The molecule has 9 heteroatoms. The Balaban J connectivity index is 1.78. The van der Waals surface area contributed by atoms with Crippen LogP contribution in [0, 0.1) is 0 Å². The summed E-state index contributed by atoms with van der Waals surface area (Å²) in [6.07, 6.45) is -3.74. The van der Waals surface area contributed by atoms with E-state index in [1.807, 2.05) is 0 Å². The van der Waals surface area contributed by atoms with Crippen molar-refractivity contribution in [1.29, 1.82) is 0 Å². The molecular weight excluding hydrogens is 343 g/mol. The van der Waals surface area contributed by atoms with Crippen molar-refractivity contribution in [2.75, 3.05) is 11.9 Å². The van der Waals surface area contributed by atoms with Crippen LogP contribution in [-0.4, -0.2) is 23.8 Å².